The van der Waals surface area contributed by atoms with E-state index in [0.717, 1.165) is 5.56 Å². The third-order valence-corrected chi connectivity index (χ3v) is 2.61. The molecule has 0 atom stereocenters. The van der Waals surface area contributed by atoms with E-state index in [4.69, 9.17) is 34.7 Å². The predicted octanol–water partition coefficient (Wildman–Crippen LogP) is 2.17. The molecule has 1 rings (SSSR count). The zero-order valence-electron chi connectivity index (χ0n) is 8.17. The first kappa shape index (κ1) is 11.9. The van der Waals surface area contributed by atoms with Crippen molar-refractivity contribution in [1.29, 1.82) is 0 Å². The molecule has 80 valence electrons. The molecule has 1 aromatic carbocycles. The zero-order chi connectivity index (χ0) is 11.4. The minimum absolute atomic E-state index is 0.399. The highest BCUT2D eigenvalue weighted by Gasteiger charge is 2.07. The van der Waals surface area contributed by atoms with Crippen molar-refractivity contribution in [2.45, 2.75) is 0 Å². The monoisotopic (exact) mass is 243 g/mol. The van der Waals surface area contributed by atoms with Gasteiger partial charge in [-0.2, -0.15) is 0 Å². The van der Waals surface area contributed by atoms with Gasteiger partial charge >= 0.3 is 0 Å². The normalized spacial score (nSPS) is 13.0. The van der Waals surface area contributed by atoms with E-state index >= 15 is 0 Å². The summed E-state index contributed by atoms with van der Waals surface area (Å²) in [5, 5.41) is 0.950. The van der Waals surface area contributed by atoms with Crippen LogP contribution in [0.4, 0.5) is 0 Å². The van der Waals surface area contributed by atoms with Gasteiger partial charge in [0.05, 0.1) is 21.5 Å². The average Bonchev–Trinajstić information content (AvgIpc) is 2.24. The Morgan fingerprint density at radius 3 is 2.47 bits per heavy atom. The van der Waals surface area contributed by atoms with Crippen molar-refractivity contribution >= 4 is 28.9 Å². The molecule has 0 unspecified atom stereocenters. The average molecular weight is 244 g/mol. The first-order valence-electron chi connectivity index (χ1n) is 4.20. The van der Waals surface area contributed by atoms with Crippen LogP contribution in [0, 0.1) is 0 Å². The number of halogens is 2. The Hall–Kier alpha value is -1.19. The largest absolute Gasteiger partial charge is 0.403 e. The second-order valence-corrected chi connectivity index (χ2v) is 3.64. The molecule has 0 spiro atoms. The van der Waals surface area contributed by atoms with Crippen LogP contribution in [0.3, 0.4) is 0 Å². The first-order valence-corrected chi connectivity index (χ1v) is 4.95. The van der Waals surface area contributed by atoms with E-state index in [2.05, 4.69) is 4.99 Å². The number of hydrogen-bond acceptors (Lipinski definition) is 3. The number of nitrogens with two attached hydrogens (primary N) is 2. The zero-order valence-corrected chi connectivity index (χ0v) is 9.68. The standard InChI is InChI=1S/C10H11Cl2N3/c1-15-10(9(14)5-13)6-2-3-7(11)8(12)4-6/h2-5H,13-14H2,1H3. The molecule has 4 N–H and O–H groups in total. The summed E-state index contributed by atoms with van der Waals surface area (Å²) in [7, 11) is 1.63. The SMILES string of the molecule is CN=C(C(N)=CN)c1ccc(Cl)c(Cl)c1. The maximum Gasteiger partial charge on any atom is 0.0887 e. The molecule has 0 aliphatic rings. The molecule has 5 heteroatoms. The molecule has 0 radical (unpaired) electrons. The Balaban J connectivity index is 3.21. The number of allylic oxidation sites excluding steroid dienone is 1. The second kappa shape index (κ2) is 5.05. The lowest BCUT2D eigenvalue weighted by Gasteiger charge is -2.06. The van der Waals surface area contributed by atoms with Gasteiger partial charge in [-0.3, -0.25) is 4.99 Å². The van der Waals surface area contributed by atoms with Crippen molar-refractivity contribution in [1.82, 2.24) is 0 Å². The van der Waals surface area contributed by atoms with Gasteiger partial charge in [0.1, 0.15) is 0 Å². The molecular formula is C10H11Cl2N3. The Morgan fingerprint density at radius 1 is 1.33 bits per heavy atom. The van der Waals surface area contributed by atoms with E-state index < -0.39 is 0 Å². The fraction of sp³-hybridized carbons (Fsp3) is 0.100. The molecule has 0 saturated heterocycles. The fourth-order valence-corrected chi connectivity index (χ4v) is 1.45. The summed E-state index contributed by atoms with van der Waals surface area (Å²) in [5.41, 5.74) is 12.8. The Kier molecular flexibility index (Phi) is 4.00. The smallest absolute Gasteiger partial charge is 0.0887 e. The number of nitrogens with zero attached hydrogens (tertiary/aromatic N) is 1. The van der Waals surface area contributed by atoms with E-state index in [1.807, 2.05) is 0 Å². The van der Waals surface area contributed by atoms with E-state index in [1.165, 1.54) is 6.20 Å². The van der Waals surface area contributed by atoms with E-state index in [-0.39, 0.29) is 0 Å². The topological polar surface area (TPSA) is 64.4 Å². The number of benzene rings is 1. The molecular weight excluding hydrogens is 233 g/mol. The highest BCUT2D eigenvalue weighted by molar-refractivity contribution is 6.42. The summed E-state index contributed by atoms with van der Waals surface area (Å²) in [4.78, 5) is 4.04. The molecule has 0 fully saturated rings. The molecule has 0 aromatic heterocycles. The molecule has 0 aliphatic heterocycles. The van der Waals surface area contributed by atoms with Crippen LogP contribution in [0.1, 0.15) is 5.56 Å². The molecule has 0 bridgehead atoms. The van der Waals surface area contributed by atoms with Gasteiger partial charge in [-0.15, -0.1) is 0 Å². The Bertz CT molecular complexity index is 425. The summed E-state index contributed by atoms with van der Waals surface area (Å²) in [6.07, 6.45) is 1.30. The minimum Gasteiger partial charge on any atom is -0.403 e. The van der Waals surface area contributed by atoms with E-state index in [9.17, 15) is 0 Å². The first-order chi connectivity index (χ1) is 7.10. The lowest BCUT2D eigenvalue weighted by molar-refractivity contribution is 1.34. The lowest BCUT2D eigenvalue weighted by Crippen LogP contribution is -2.14. The Morgan fingerprint density at radius 2 is 2.00 bits per heavy atom. The van der Waals surface area contributed by atoms with Gasteiger partial charge in [0.25, 0.3) is 0 Å². The lowest BCUT2D eigenvalue weighted by atomic mass is 10.1. The van der Waals surface area contributed by atoms with Crippen LogP contribution in [0.2, 0.25) is 10.0 Å². The number of aliphatic imine (C=N–C) groups is 1. The van der Waals surface area contributed by atoms with Crippen molar-refractivity contribution in [2.24, 2.45) is 16.5 Å². The van der Waals surface area contributed by atoms with Crippen LogP contribution in [-0.4, -0.2) is 12.8 Å². The van der Waals surface area contributed by atoms with Crippen LogP contribution in [0.5, 0.6) is 0 Å². The predicted molar refractivity (Wildman–Crippen MR) is 65.4 cm³/mol. The molecule has 0 amide bonds. The van der Waals surface area contributed by atoms with Gasteiger partial charge in [-0.05, 0) is 12.1 Å². The number of hydrogen-bond donors (Lipinski definition) is 2. The van der Waals surface area contributed by atoms with Crippen LogP contribution in [0.15, 0.2) is 35.1 Å². The third kappa shape index (κ3) is 2.64. The highest BCUT2D eigenvalue weighted by atomic mass is 35.5. The van der Waals surface area contributed by atoms with Gasteiger partial charge < -0.3 is 11.5 Å². The van der Waals surface area contributed by atoms with Crippen molar-refractivity contribution in [3.8, 4) is 0 Å². The highest BCUT2D eigenvalue weighted by Crippen LogP contribution is 2.23. The quantitative estimate of drug-likeness (QED) is 0.783. The maximum atomic E-state index is 5.88. The molecule has 0 aliphatic carbocycles. The molecule has 3 nitrogen and oxygen atoms in total. The summed E-state index contributed by atoms with van der Waals surface area (Å²) in [6, 6.07) is 5.17. The summed E-state index contributed by atoms with van der Waals surface area (Å²) in [6.45, 7) is 0. The van der Waals surface area contributed by atoms with Gasteiger partial charge in [-0.1, -0.05) is 29.3 Å². The summed E-state index contributed by atoms with van der Waals surface area (Å²) < 4.78 is 0. The van der Waals surface area contributed by atoms with Gasteiger partial charge in [0.2, 0.25) is 0 Å². The maximum absolute atomic E-state index is 5.88. The van der Waals surface area contributed by atoms with Crippen LogP contribution in [-0.2, 0) is 0 Å². The van der Waals surface area contributed by atoms with Crippen LogP contribution >= 0.6 is 23.2 Å². The van der Waals surface area contributed by atoms with Crippen molar-refractivity contribution < 1.29 is 0 Å². The molecule has 0 saturated carbocycles. The molecule has 15 heavy (non-hydrogen) atoms. The summed E-state index contributed by atoms with van der Waals surface area (Å²) >= 11 is 11.7. The van der Waals surface area contributed by atoms with Gasteiger partial charge in [0, 0.05) is 18.8 Å². The van der Waals surface area contributed by atoms with Crippen molar-refractivity contribution in [2.75, 3.05) is 7.05 Å². The van der Waals surface area contributed by atoms with Gasteiger partial charge in [0.15, 0.2) is 0 Å². The van der Waals surface area contributed by atoms with E-state index in [1.54, 1.807) is 25.2 Å². The second-order valence-electron chi connectivity index (χ2n) is 2.82. The third-order valence-electron chi connectivity index (χ3n) is 1.87. The molecule has 1 aromatic rings. The fourth-order valence-electron chi connectivity index (χ4n) is 1.15. The minimum atomic E-state index is 0.399. The van der Waals surface area contributed by atoms with Crippen molar-refractivity contribution in [3.05, 3.63) is 45.7 Å². The van der Waals surface area contributed by atoms with Crippen LogP contribution < -0.4 is 11.5 Å². The van der Waals surface area contributed by atoms with Crippen LogP contribution in [0.25, 0.3) is 0 Å². The summed E-state index contributed by atoms with van der Waals surface area (Å²) in [5.74, 6) is 0. The van der Waals surface area contributed by atoms with Gasteiger partial charge in [-0.25, -0.2) is 0 Å². The molecule has 0 heterocycles. The number of rotatable bonds is 2. The van der Waals surface area contributed by atoms with E-state index in [0.29, 0.717) is 21.5 Å². The Labute approximate surface area is 98.4 Å². The van der Waals surface area contributed by atoms with Crippen molar-refractivity contribution in [3.63, 3.8) is 0 Å².